The third kappa shape index (κ3) is 29.4. The molecule has 15 amide bonds. The number of hydroxylamine groups is 4. The zero-order valence-electron chi connectivity index (χ0n) is 59.0. The Balaban J connectivity index is 1.45. The van der Waals surface area contributed by atoms with Crippen LogP contribution in [0.4, 0.5) is 11.5 Å². The van der Waals surface area contributed by atoms with Crippen LogP contribution in [0.3, 0.4) is 0 Å². The van der Waals surface area contributed by atoms with Gasteiger partial charge in [-0.3, -0.25) is 96.7 Å². The fraction of sp³-hybridized carbons (Fsp3) is 0.587. The molecule has 109 heavy (non-hydrogen) atoms. The Kier molecular flexibility index (Phi) is 38.1. The highest BCUT2D eigenvalue weighted by Crippen LogP contribution is 2.40. The highest BCUT2D eigenvalue weighted by molar-refractivity contribution is 6.00. The van der Waals surface area contributed by atoms with Crippen LogP contribution < -0.4 is 91.3 Å². The van der Waals surface area contributed by atoms with Crippen molar-refractivity contribution in [1.29, 1.82) is 0 Å². The summed E-state index contributed by atoms with van der Waals surface area (Å²) in [6.45, 7) is -7.08. The maximum Gasteiger partial charge on any atom is 0.320 e. The van der Waals surface area contributed by atoms with Gasteiger partial charge in [0.15, 0.2) is 5.75 Å². The number of anilines is 2. The molecule has 0 bridgehead atoms. The van der Waals surface area contributed by atoms with Gasteiger partial charge < -0.3 is 126 Å². The molecule has 46 heteroatoms. The van der Waals surface area contributed by atoms with Crippen molar-refractivity contribution in [1.82, 2.24) is 78.5 Å². The van der Waals surface area contributed by atoms with Crippen molar-refractivity contribution in [2.24, 2.45) is 11.5 Å². The molecule has 11 unspecified atom stereocenters. The molecular weight excluding hydrogens is 1450 g/mol. The van der Waals surface area contributed by atoms with Crippen LogP contribution in [0.25, 0.3) is 11.3 Å². The molecule has 46 nitrogen and oxygen atoms in total. The Morgan fingerprint density at radius 1 is 0.578 bits per heavy atom. The summed E-state index contributed by atoms with van der Waals surface area (Å²) in [6, 6.07) is -14.5. The summed E-state index contributed by atoms with van der Waals surface area (Å²) in [6.07, 6.45) is -2.75. The fourth-order valence-electron chi connectivity index (χ4n) is 11.0. The average molecular weight is 1550 g/mol. The van der Waals surface area contributed by atoms with Crippen molar-refractivity contribution >= 4 is 113 Å². The first-order valence-electron chi connectivity index (χ1n) is 34.5. The summed E-state index contributed by atoms with van der Waals surface area (Å²) in [4.78, 5) is 235. The number of nitrogens with one attached hydrogen (secondary N) is 14. The number of phenolic OH excluding ortho intramolecular Hbond substituents is 1. The summed E-state index contributed by atoms with van der Waals surface area (Å²) in [5.74, 6) is -17.3. The normalized spacial score (nSPS) is 18.4. The number of nitrogens with two attached hydrogens (primary N) is 2. The van der Waals surface area contributed by atoms with E-state index in [1.807, 2.05) is 0 Å². The number of fused-ring (bicyclic) bond motifs is 3. The van der Waals surface area contributed by atoms with E-state index in [0.717, 1.165) is 12.1 Å². The number of unbranched alkanes of at least 4 members (excludes halogenated alkanes) is 1. The van der Waals surface area contributed by atoms with Gasteiger partial charge in [0.1, 0.15) is 72.3 Å². The molecule has 1 fully saturated rings. The Morgan fingerprint density at radius 3 is 1.73 bits per heavy atom. The van der Waals surface area contributed by atoms with Gasteiger partial charge in [-0.1, -0.05) is 0 Å². The number of carboxylic acid groups (broad SMARTS) is 2. The second-order valence-corrected chi connectivity index (χ2v) is 25.1. The Hall–Kier alpha value is -11.3. The smallest absolute Gasteiger partial charge is 0.320 e. The second-order valence-electron chi connectivity index (χ2n) is 25.1. The lowest BCUT2D eigenvalue weighted by molar-refractivity contribution is -0.150. The molecule has 0 aromatic heterocycles. The predicted molar refractivity (Wildman–Crippen MR) is 371 cm³/mol. The highest BCUT2D eigenvalue weighted by atomic mass is 16.5. The van der Waals surface area contributed by atoms with E-state index in [4.69, 9.17) is 11.5 Å². The van der Waals surface area contributed by atoms with E-state index in [9.17, 15) is 132 Å². The van der Waals surface area contributed by atoms with Crippen LogP contribution in [-0.2, 0) is 81.5 Å². The van der Waals surface area contributed by atoms with Gasteiger partial charge >= 0.3 is 11.9 Å². The van der Waals surface area contributed by atoms with E-state index in [-0.39, 0.29) is 143 Å². The number of pyridine rings is 1. The number of hydrogen-bond acceptors (Lipinski definition) is 28. The SMILES string of the molecule is NCCCCC(NC(=O)C(CO)NC(=O)C1CCNc2c(NC(=O)CCC(N)C(=O)O)cc3cc(O)c(=O)cc-3n21)C(=O)NCC(=O)NC(CCCN(O)C=O)C(=O)NC(CO)C(=O)NC(CO)C(=O)NCC(=O)NC1CCCCNC(=O)C(CO)NC(=O)C(CCC(=O)O)NC(=O)C(CCCN(O)C=O)NC1=O. The zero-order chi connectivity index (χ0) is 81.0. The third-order valence-corrected chi connectivity index (χ3v) is 16.9. The number of nitrogens with zero attached hydrogens (tertiary/aromatic N) is 3. The topological polar surface area (TPSA) is 721 Å². The van der Waals surface area contributed by atoms with E-state index in [2.05, 4.69) is 74.4 Å². The van der Waals surface area contributed by atoms with Crippen LogP contribution in [0.15, 0.2) is 23.0 Å². The van der Waals surface area contributed by atoms with Crippen molar-refractivity contribution < 1.29 is 128 Å². The number of phenols is 1. The van der Waals surface area contributed by atoms with Gasteiger partial charge in [-0.25, -0.2) is 10.1 Å². The Labute approximate surface area is 619 Å². The molecule has 1 aliphatic carbocycles. The summed E-state index contributed by atoms with van der Waals surface area (Å²) in [5, 5.41) is 123. The molecule has 27 N–H and O–H groups in total. The van der Waals surface area contributed by atoms with E-state index in [0.29, 0.717) is 6.42 Å². The number of carbonyl (C=O) groups is 17. The molecule has 3 aliphatic heterocycles. The quantitative estimate of drug-likeness (QED) is 0.0127. The molecule has 1 saturated heterocycles. The van der Waals surface area contributed by atoms with Crippen LogP contribution in [0.2, 0.25) is 0 Å². The molecule has 0 aromatic carbocycles. The average Bonchev–Trinajstić information content (AvgIpc) is 0.748. The summed E-state index contributed by atoms with van der Waals surface area (Å²) < 4.78 is 1.31. The number of amides is 15. The van der Waals surface area contributed by atoms with Gasteiger partial charge in [0.2, 0.25) is 95.0 Å². The number of aliphatic carboxylic acids is 2. The summed E-state index contributed by atoms with van der Waals surface area (Å²) >= 11 is 0. The van der Waals surface area contributed by atoms with E-state index >= 15 is 0 Å². The van der Waals surface area contributed by atoms with Crippen LogP contribution in [-0.4, -0.2) is 295 Å². The minimum atomic E-state index is -1.99. The first kappa shape index (κ1) is 90.1. The van der Waals surface area contributed by atoms with Crippen LogP contribution in [0.5, 0.6) is 5.75 Å². The minimum Gasteiger partial charge on any atom is -0.504 e. The molecule has 0 aromatic rings. The standard InChI is InChI=1S/C63H95N19O27/c64-16-3-1-7-34(73-60(103)43(29-86)79-62(105)44-15-18-66-52-39(72-48(91)13-11-33(65)63(106)107)21-32-22-46(89)47(90)23-45(32)82(44)52)53(96)68-24-49(92)71-36(9-5-19-80(108)30-87)57(100)78-42(28-85)61(104)77-41(27-84)55(98)69-25-50(93)70-35-8-2-4-17-67-54(97)40(26-83)76-59(102)38(12-14-51(94)95)75-58(101)37(74-56(35)99)10-6-20-81(109)31-88/h21-23,30-31,33-38,40-44,66,83-86,89,108-109H,1-20,24-29,64-65H2,(H,67,97)(H,68,96)(H,69,98)(H,70,93)(H,71,92)(H,72,91)(H,73,103)(H,74,99)(H,75,101)(H,76,102)(H,77,104)(H,78,100)(H,79,105)(H,94,95)(H,106,107). The maximum absolute atomic E-state index is 14.2. The number of aliphatic hydroxyl groups is 4. The first-order chi connectivity index (χ1) is 51.8. The van der Waals surface area contributed by atoms with Crippen LogP contribution >= 0.6 is 0 Å². The van der Waals surface area contributed by atoms with Crippen molar-refractivity contribution in [3.05, 3.63) is 28.4 Å². The Morgan fingerprint density at radius 2 is 1.13 bits per heavy atom. The van der Waals surface area contributed by atoms with Crippen molar-refractivity contribution in [2.75, 3.05) is 82.9 Å². The Bertz CT molecular complexity index is 3590. The largest absolute Gasteiger partial charge is 0.504 e. The van der Waals surface area contributed by atoms with Crippen LogP contribution in [0, 0.1) is 0 Å². The molecule has 3 heterocycles. The molecule has 0 spiro atoms. The van der Waals surface area contributed by atoms with Crippen LogP contribution in [0.1, 0.15) is 102 Å². The molecule has 0 saturated carbocycles. The van der Waals surface area contributed by atoms with E-state index in [1.165, 1.54) is 10.6 Å². The number of aromatic nitrogens is 1. The number of aromatic hydroxyl groups is 1. The number of carbonyl (C=O) groups excluding carboxylic acids is 15. The van der Waals surface area contributed by atoms with E-state index < -0.39 is 232 Å². The number of aliphatic hydroxyl groups excluding tert-OH is 4. The molecule has 4 rings (SSSR count). The van der Waals surface area contributed by atoms with Gasteiger partial charge in [-0.2, -0.15) is 0 Å². The predicted octanol–water partition coefficient (Wildman–Crippen LogP) is -10.7. The van der Waals surface area contributed by atoms with Crippen molar-refractivity contribution in [3.8, 4) is 17.0 Å². The second kappa shape index (κ2) is 46.0. The number of rotatable bonds is 42. The maximum atomic E-state index is 14.2. The van der Waals surface area contributed by atoms with Gasteiger partial charge in [0.05, 0.1) is 50.9 Å². The van der Waals surface area contributed by atoms with Crippen molar-refractivity contribution in [3.63, 3.8) is 0 Å². The number of carboxylic acids is 2. The molecular formula is C63H95N19O27. The van der Waals surface area contributed by atoms with Gasteiger partial charge in [0, 0.05) is 50.7 Å². The zero-order valence-corrected chi connectivity index (χ0v) is 59.0. The van der Waals surface area contributed by atoms with Gasteiger partial charge in [-0.05, 0) is 102 Å². The monoisotopic (exact) mass is 1550 g/mol. The lowest BCUT2D eigenvalue weighted by atomic mass is 10.0. The highest BCUT2D eigenvalue weighted by Gasteiger charge is 2.38. The summed E-state index contributed by atoms with van der Waals surface area (Å²) in [7, 11) is 0. The molecule has 0 radical (unpaired) electrons. The van der Waals surface area contributed by atoms with E-state index in [1.54, 1.807) is 0 Å². The van der Waals surface area contributed by atoms with Gasteiger partial charge in [-0.15, -0.1) is 0 Å². The number of hydrogen-bond donors (Lipinski definition) is 25. The molecule has 4 aliphatic rings. The lowest BCUT2D eigenvalue weighted by Crippen LogP contribution is -2.60. The third-order valence-electron chi connectivity index (χ3n) is 16.9. The summed E-state index contributed by atoms with van der Waals surface area (Å²) in [5.41, 5.74) is 10.6. The number of benzene rings is 1. The minimum absolute atomic E-state index is 0.0160. The lowest BCUT2D eigenvalue weighted by Gasteiger charge is -2.34. The molecule has 11 atom stereocenters. The molecule has 604 valence electrons. The van der Waals surface area contributed by atoms with Crippen molar-refractivity contribution in [2.45, 2.75) is 163 Å². The van der Waals surface area contributed by atoms with Gasteiger partial charge in [0.25, 0.3) is 0 Å². The fourth-order valence-corrected chi connectivity index (χ4v) is 11.0. The first-order valence-corrected chi connectivity index (χ1v) is 34.5.